The lowest BCUT2D eigenvalue weighted by atomic mass is 9.99. The molecular formula is C26H32N6S. The molecule has 2 aromatic heterocycles. The number of anilines is 2. The highest BCUT2D eigenvalue weighted by Gasteiger charge is 2.22. The molecular weight excluding hydrogens is 428 g/mol. The van der Waals surface area contributed by atoms with Crippen LogP contribution >= 0.6 is 11.8 Å². The fourth-order valence-electron chi connectivity index (χ4n) is 4.67. The minimum Gasteiger partial charge on any atom is -0.346 e. The molecule has 1 N–H and O–H groups in total. The molecule has 33 heavy (non-hydrogen) atoms. The lowest BCUT2D eigenvalue weighted by Crippen LogP contribution is -2.48. The third kappa shape index (κ3) is 4.86. The van der Waals surface area contributed by atoms with E-state index in [1.807, 2.05) is 7.05 Å². The van der Waals surface area contributed by atoms with Crippen LogP contribution in [0.25, 0.3) is 11.0 Å². The number of hydrogen-bond acceptors (Lipinski definition) is 6. The summed E-state index contributed by atoms with van der Waals surface area (Å²) in [6.45, 7) is 4.60. The highest BCUT2D eigenvalue weighted by Crippen LogP contribution is 2.31. The molecule has 0 spiro atoms. The number of aryl methyl sites for hydroxylation is 1. The third-order valence-electron chi connectivity index (χ3n) is 6.65. The summed E-state index contributed by atoms with van der Waals surface area (Å²) < 4.78 is 2.09. The molecule has 3 heterocycles. The molecule has 1 atom stereocenters. The predicted octanol–water partition coefficient (Wildman–Crippen LogP) is 4.48. The van der Waals surface area contributed by atoms with E-state index in [9.17, 15) is 0 Å². The van der Waals surface area contributed by atoms with Crippen molar-refractivity contribution in [2.75, 3.05) is 44.8 Å². The van der Waals surface area contributed by atoms with Gasteiger partial charge in [0.25, 0.3) is 0 Å². The summed E-state index contributed by atoms with van der Waals surface area (Å²) in [6.07, 6.45) is 13.0. The average molecular weight is 461 g/mol. The zero-order chi connectivity index (χ0) is 22.8. The Balaban J connectivity index is 1.36. The normalized spacial score (nSPS) is 19.7. The lowest BCUT2D eigenvalue weighted by Gasteiger charge is -2.37. The first-order chi connectivity index (χ1) is 16.1. The van der Waals surface area contributed by atoms with Crippen molar-refractivity contribution in [3.05, 3.63) is 66.2 Å². The third-order valence-corrected chi connectivity index (χ3v) is 7.44. The van der Waals surface area contributed by atoms with Gasteiger partial charge in [0, 0.05) is 56.8 Å². The maximum Gasteiger partial charge on any atom is 0.158 e. The van der Waals surface area contributed by atoms with Crippen LogP contribution in [0.1, 0.15) is 12.2 Å². The number of aromatic nitrogens is 3. The molecule has 0 radical (unpaired) electrons. The number of rotatable bonds is 6. The SMILES string of the molecule is CSc1ccccc1Nc1nc(CC2=CCC(N3CCN(C)CC3)C=C2)nc2ccn(C)c12. The second-order valence-corrected chi connectivity index (χ2v) is 9.78. The van der Waals surface area contributed by atoms with Crippen molar-refractivity contribution in [3.63, 3.8) is 0 Å². The Hall–Kier alpha value is -2.61. The predicted molar refractivity (Wildman–Crippen MR) is 138 cm³/mol. The molecule has 3 aromatic rings. The van der Waals surface area contributed by atoms with Crippen LogP contribution in [0.2, 0.25) is 0 Å². The molecule has 7 heteroatoms. The van der Waals surface area contributed by atoms with E-state index in [2.05, 4.69) is 87.7 Å². The van der Waals surface area contributed by atoms with Gasteiger partial charge >= 0.3 is 0 Å². The quantitative estimate of drug-likeness (QED) is 0.548. The second kappa shape index (κ2) is 9.71. The van der Waals surface area contributed by atoms with Gasteiger partial charge in [0.05, 0.1) is 11.2 Å². The number of nitrogens with one attached hydrogen (secondary N) is 1. The van der Waals surface area contributed by atoms with E-state index in [-0.39, 0.29) is 0 Å². The van der Waals surface area contributed by atoms with Gasteiger partial charge in [-0.15, -0.1) is 11.8 Å². The summed E-state index contributed by atoms with van der Waals surface area (Å²) >= 11 is 1.73. The topological polar surface area (TPSA) is 49.2 Å². The van der Waals surface area contributed by atoms with Crippen molar-refractivity contribution in [2.45, 2.75) is 23.8 Å². The van der Waals surface area contributed by atoms with Crippen LogP contribution in [0.4, 0.5) is 11.5 Å². The van der Waals surface area contributed by atoms with Crippen LogP contribution in [0, 0.1) is 0 Å². The van der Waals surface area contributed by atoms with E-state index in [0.717, 1.165) is 67.4 Å². The number of piperazine rings is 1. The fraction of sp³-hybridized carbons (Fsp3) is 0.385. The van der Waals surface area contributed by atoms with Gasteiger partial charge in [-0.1, -0.05) is 30.4 Å². The Morgan fingerprint density at radius 1 is 1.06 bits per heavy atom. The first kappa shape index (κ1) is 22.2. The van der Waals surface area contributed by atoms with Gasteiger partial charge in [0.1, 0.15) is 11.3 Å². The largest absolute Gasteiger partial charge is 0.346 e. The van der Waals surface area contributed by atoms with Crippen LogP contribution < -0.4 is 5.32 Å². The monoisotopic (exact) mass is 460 g/mol. The minimum atomic E-state index is 0.514. The van der Waals surface area contributed by atoms with Gasteiger partial charge in [-0.3, -0.25) is 4.90 Å². The van der Waals surface area contributed by atoms with Gasteiger partial charge in [0.15, 0.2) is 5.82 Å². The highest BCUT2D eigenvalue weighted by atomic mass is 32.2. The Kier molecular flexibility index (Phi) is 6.53. The smallest absolute Gasteiger partial charge is 0.158 e. The van der Waals surface area contributed by atoms with E-state index < -0.39 is 0 Å². The van der Waals surface area contributed by atoms with Crippen molar-refractivity contribution in [2.24, 2.45) is 7.05 Å². The first-order valence-electron chi connectivity index (χ1n) is 11.6. The van der Waals surface area contributed by atoms with Crippen LogP contribution in [0.3, 0.4) is 0 Å². The number of nitrogens with zero attached hydrogens (tertiary/aromatic N) is 5. The number of likely N-dealkylation sites (N-methyl/N-ethyl adjacent to an activating group) is 1. The molecule has 0 amide bonds. The number of benzene rings is 1. The Labute approximate surface area is 200 Å². The average Bonchev–Trinajstić information content (AvgIpc) is 3.21. The molecule has 1 aliphatic heterocycles. The highest BCUT2D eigenvalue weighted by molar-refractivity contribution is 7.98. The summed E-state index contributed by atoms with van der Waals surface area (Å²) in [6, 6.07) is 10.9. The van der Waals surface area contributed by atoms with Gasteiger partial charge in [-0.05, 0) is 43.5 Å². The zero-order valence-corrected chi connectivity index (χ0v) is 20.5. The maximum atomic E-state index is 4.97. The summed E-state index contributed by atoms with van der Waals surface area (Å²) in [7, 11) is 4.25. The molecule has 1 saturated heterocycles. The Bertz CT molecular complexity index is 1190. The van der Waals surface area contributed by atoms with Crippen LogP contribution in [0.15, 0.2) is 65.2 Å². The van der Waals surface area contributed by atoms with Gasteiger partial charge in [0.2, 0.25) is 0 Å². The molecule has 0 saturated carbocycles. The van der Waals surface area contributed by atoms with Gasteiger partial charge in [-0.2, -0.15) is 0 Å². The van der Waals surface area contributed by atoms with E-state index >= 15 is 0 Å². The standard InChI is InChI=1S/C26H32N6S/c1-30-14-16-32(17-15-30)20-10-8-19(9-11-20)18-24-27-22-12-13-31(2)25(22)26(29-24)28-21-6-4-5-7-23(21)33-3/h4-10,12-13,20H,11,14-18H2,1-3H3,(H,27,28,29). The van der Waals surface area contributed by atoms with Gasteiger partial charge in [-0.25, -0.2) is 9.97 Å². The fourth-order valence-corrected chi connectivity index (χ4v) is 5.23. The number of para-hydroxylation sites is 1. The van der Waals surface area contributed by atoms with Crippen LogP contribution in [0.5, 0.6) is 0 Å². The van der Waals surface area contributed by atoms with Crippen molar-refractivity contribution < 1.29 is 0 Å². The molecule has 1 fully saturated rings. The van der Waals surface area contributed by atoms with E-state index in [1.165, 1.54) is 10.5 Å². The van der Waals surface area contributed by atoms with Crippen molar-refractivity contribution in [3.8, 4) is 0 Å². The Morgan fingerprint density at radius 2 is 1.88 bits per heavy atom. The lowest BCUT2D eigenvalue weighted by molar-refractivity contribution is 0.130. The summed E-state index contributed by atoms with van der Waals surface area (Å²) in [5.41, 5.74) is 4.37. The zero-order valence-electron chi connectivity index (χ0n) is 19.7. The molecule has 2 aliphatic rings. The van der Waals surface area contributed by atoms with Crippen molar-refractivity contribution >= 4 is 34.3 Å². The number of hydrogen-bond donors (Lipinski definition) is 1. The number of allylic oxidation sites excluding steroid dienone is 2. The maximum absolute atomic E-state index is 4.97. The van der Waals surface area contributed by atoms with Crippen LogP contribution in [-0.2, 0) is 13.5 Å². The number of thioether (sulfide) groups is 1. The molecule has 1 aromatic carbocycles. The molecule has 1 aliphatic carbocycles. The van der Waals surface area contributed by atoms with Gasteiger partial charge < -0.3 is 14.8 Å². The summed E-state index contributed by atoms with van der Waals surface area (Å²) in [4.78, 5) is 16.1. The van der Waals surface area contributed by atoms with Crippen LogP contribution in [-0.4, -0.2) is 69.9 Å². The molecule has 6 nitrogen and oxygen atoms in total. The molecule has 1 unspecified atom stereocenters. The van der Waals surface area contributed by atoms with Crippen molar-refractivity contribution in [1.82, 2.24) is 24.3 Å². The minimum absolute atomic E-state index is 0.514. The van der Waals surface area contributed by atoms with E-state index in [4.69, 9.17) is 9.97 Å². The van der Waals surface area contributed by atoms with E-state index in [1.54, 1.807) is 11.8 Å². The summed E-state index contributed by atoms with van der Waals surface area (Å²) in [5, 5.41) is 3.58. The molecule has 5 rings (SSSR count). The van der Waals surface area contributed by atoms with Crippen molar-refractivity contribution in [1.29, 1.82) is 0 Å². The summed E-state index contributed by atoms with van der Waals surface area (Å²) in [5.74, 6) is 1.71. The first-order valence-corrected chi connectivity index (χ1v) is 12.8. The molecule has 172 valence electrons. The van der Waals surface area contributed by atoms with E-state index in [0.29, 0.717) is 6.04 Å². The Morgan fingerprint density at radius 3 is 2.64 bits per heavy atom. The second-order valence-electron chi connectivity index (χ2n) is 8.93. The number of fused-ring (bicyclic) bond motifs is 1. The molecule has 0 bridgehead atoms.